The largest absolute Gasteiger partial charge is 0.382 e. The predicted octanol–water partition coefficient (Wildman–Crippen LogP) is 4.91. The summed E-state index contributed by atoms with van der Waals surface area (Å²) in [5, 5.41) is 18.3. The highest BCUT2D eigenvalue weighted by Gasteiger charge is 2.11. The second-order valence-corrected chi connectivity index (χ2v) is 5.42. The molecule has 1 heterocycles. The number of rotatable bonds is 4. The summed E-state index contributed by atoms with van der Waals surface area (Å²) in [5.41, 5.74) is 7.97. The Morgan fingerprint density at radius 2 is 1.73 bits per heavy atom. The first-order chi connectivity index (χ1) is 10.7. The summed E-state index contributed by atoms with van der Waals surface area (Å²) in [7, 11) is 0. The Morgan fingerprint density at radius 3 is 2.45 bits per heavy atom. The molecule has 0 aliphatic rings. The second-order valence-electron chi connectivity index (χ2n) is 4.50. The average Bonchev–Trinajstić information content (AvgIpc) is 2.89. The Bertz CT molecular complexity index is 780. The van der Waals surface area contributed by atoms with Crippen molar-refractivity contribution in [3.8, 4) is 0 Å². The topological polar surface area (TPSA) is 91.5 Å². The molecule has 0 fully saturated rings. The van der Waals surface area contributed by atoms with Crippen molar-refractivity contribution >= 4 is 44.6 Å². The molecule has 0 bridgehead atoms. The molecule has 3 rings (SSSR count). The highest BCUT2D eigenvalue weighted by Crippen LogP contribution is 2.32. The number of hydrogen-bond donors (Lipinski definition) is 3. The first kappa shape index (κ1) is 14.3. The van der Waals surface area contributed by atoms with Gasteiger partial charge in [0.25, 0.3) is 0 Å². The van der Waals surface area contributed by atoms with Crippen molar-refractivity contribution in [2.24, 2.45) is 10.2 Å². The predicted molar refractivity (Wildman–Crippen MR) is 91.0 cm³/mol. The number of benzene rings is 2. The summed E-state index contributed by atoms with van der Waals surface area (Å²) in [4.78, 5) is 0. The zero-order valence-electron chi connectivity index (χ0n) is 11.5. The van der Waals surface area contributed by atoms with E-state index >= 15 is 0 Å². The van der Waals surface area contributed by atoms with Crippen LogP contribution < -0.4 is 11.1 Å². The molecule has 6 nitrogen and oxygen atoms in total. The minimum Gasteiger partial charge on any atom is -0.382 e. The summed E-state index contributed by atoms with van der Waals surface area (Å²) in [6.45, 7) is 0. The number of nitrogens with zero attached hydrogens (tertiary/aromatic N) is 3. The van der Waals surface area contributed by atoms with Crippen molar-refractivity contribution < 1.29 is 0 Å². The molecule has 0 atom stereocenters. The standard InChI is InChI=1S/C15H13BrN6/c16-10-6-8-11(9-7-10)18-15-13(14(17)21-22-15)20-19-12-4-2-1-3-5-12/h1-9H,(H4,17,18,21,22). The Morgan fingerprint density at radius 1 is 1.00 bits per heavy atom. The van der Waals surface area contributed by atoms with Gasteiger partial charge in [0.2, 0.25) is 0 Å². The minimum absolute atomic E-state index is 0.360. The van der Waals surface area contributed by atoms with E-state index < -0.39 is 0 Å². The molecule has 4 N–H and O–H groups in total. The van der Waals surface area contributed by atoms with E-state index in [9.17, 15) is 0 Å². The van der Waals surface area contributed by atoms with E-state index in [2.05, 4.69) is 41.7 Å². The quantitative estimate of drug-likeness (QED) is 0.579. The van der Waals surface area contributed by atoms with Gasteiger partial charge in [-0.15, -0.1) is 5.11 Å². The van der Waals surface area contributed by atoms with Crippen LogP contribution in [0.2, 0.25) is 0 Å². The molecule has 0 unspecified atom stereocenters. The Hall–Kier alpha value is -2.67. The van der Waals surface area contributed by atoms with Crippen molar-refractivity contribution in [1.82, 2.24) is 10.2 Å². The number of aromatic nitrogens is 2. The SMILES string of the molecule is Nc1[nH]nc(Nc2ccc(Br)cc2)c1N=Nc1ccccc1. The molecular formula is C15H13BrN6. The number of aromatic amines is 1. The lowest BCUT2D eigenvalue weighted by Crippen LogP contribution is -1.90. The van der Waals surface area contributed by atoms with Crippen molar-refractivity contribution in [1.29, 1.82) is 0 Å². The summed E-state index contributed by atoms with van der Waals surface area (Å²) in [6, 6.07) is 17.2. The Kier molecular flexibility index (Phi) is 4.15. The van der Waals surface area contributed by atoms with Gasteiger partial charge in [0.15, 0.2) is 11.5 Å². The van der Waals surface area contributed by atoms with Crippen LogP contribution >= 0.6 is 15.9 Å². The van der Waals surface area contributed by atoms with Gasteiger partial charge in [0, 0.05) is 10.2 Å². The molecule has 110 valence electrons. The van der Waals surface area contributed by atoms with Crippen LogP contribution in [0.5, 0.6) is 0 Å². The van der Waals surface area contributed by atoms with Gasteiger partial charge in [0.1, 0.15) is 5.82 Å². The lowest BCUT2D eigenvalue weighted by atomic mass is 10.3. The van der Waals surface area contributed by atoms with Gasteiger partial charge < -0.3 is 11.1 Å². The van der Waals surface area contributed by atoms with Crippen LogP contribution in [0.15, 0.2) is 69.3 Å². The third-order valence-electron chi connectivity index (χ3n) is 2.90. The average molecular weight is 357 g/mol. The highest BCUT2D eigenvalue weighted by atomic mass is 79.9. The Balaban J connectivity index is 1.84. The lowest BCUT2D eigenvalue weighted by molar-refractivity contribution is 1.10. The van der Waals surface area contributed by atoms with E-state index in [-0.39, 0.29) is 0 Å². The van der Waals surface area contributed by atoms with Gasteiger partial charge in [-0.25, -0.2) is 0 Å². The minimum atomic E-state index is 0.360. The van der Waals surface area contributed by atoms with Gasteiger partial charge in [-0.2, -0.15) is 10.2 Å². The normalized spacial score (nSPS) is 11.0. The van der Waals surface area contributed by atoms with Gasteiger partial charge in [-0.05, 0) is 36.4 Å². The van der Waals surface area contributed by atoms with E-state index in [1.54, 1.807) is 0 Å². The zero-order chi connectivity index (χ0) is 15.4. The molecule has 0 spiro atoms. The van der Waals surface area contributed by atoms with Crippen LogP contribution in [0.1, 0.15) is 0 Å². The van der Waals surface area contributed by atoms with Crippen molar-refractivity contribution in [2.45, 2.75) is 0 Å². The molecular weight excluding hydrogens is 344 g/mol. The number of nitrogens with two attached hydrogens (primary N) is 1. The maximum absolute atomic E-state index is 5.86. The smallest absolute Gasteiger partial charge is 0.182 e. The van der Waals surface area contributed by atoms with Crippen LogP contribution in [0, 0.1) is 0 Å². The maximum Gasteiger partial charge on any atom is 0.182 e. The molecule has 1 aromatic heterocycles. The van der Waals surface area contributed by atoms with Crippen LogP contribution in [-0.4, -0.2) is 10.2 Å². The zero-order valence-corrected chi connectivity index (χ0v) is 13.1. The third kappa shape index (κ3) is 3.32. The molecule has 3 aromatic rings. The maximum atomic E-state index is 5.86. The fourth-order valence-corrected chi connectivity index (χ4v) is 2.07. The molecule has 0 saturated carbocycles. The molecule has 0 radical (unpaired) electrons. The molecule has 0 aliphatic carbocycles. The summed E-state index contributed by atoms with van der Waals surface area (Å²) in [6.07, 6.45) is 0. The van der Waals surface area contributed by atoms with Crippen LogP contribution in [-0.2, 0) is 0 Å². The van der Waals surface area contributed by atoms with Crippen LogP contribution in [0.3, 0.4) is 0 Å². The van der Waals surface area contributed by atoms with E-state index in [4.69, 9.17) is 5.73 Å². The molecule has 0 amide bonds. The third-order valence-corrected chi connectivity index (χ3v) is 3.42. The van der Waals surface area contributed by atoms with Gasteiger partial charge in [-0.3, -0.25) is 5.10 Å². The number of azo groups is 1. The van der Waals surface area contributed by atoms with Crippen LogP contribution in [0.4, 0.5) is 28.7 Å². The van der Waals surface area contributed by atoms with E-state index in [0.29, 0.717) is 17.3 Å². The van der Waals surface area contributed by atoms with Crippen LogP contribution in [0.25, 0.3) is 0 Å². The first-order valence-electron chi connectivity index (χ1n) is 6.55. The lowest BCUT2D eigenvalue weighted by Gasteiger charge is -2.03. The molecule has 0 aliphatic heterocycles. The summed E-state index contributed by atoms with van der Waals surface area (Å²) >= 11 is 3.40. The first-order valence-corrected chi connectivity index (χ1v) is 7.35. The Labute approximate surface area is 135 Å². The molecule has 0 saturated heterocycles. The fraction of sp³-hybridized carbons (Fsp3) is 0. The molecule has 7 heteroatoms. The highest BCUT2D eigenvalue weighted by molar-refractivity contribution is 9.10. The van der Waals surface area contributed by atoms with Gasteiger partial charge >= 0.3 is 0 Å². The van der Waals surface area contributed by atoms with E-state index in [0.717, 1.165) is 15.8 Å². The number of hydrogen-bond acceptors (Lipinski definition) is 5. The number of nitrogen functional groups attached to an aromatic ring is 1. The molecule has 22 heavy (non-hydrogen) atoms. The van der Waals surface area contributed by atoms with Gasteiger partial charge in [0.05, 0.1) is 5.69 Å². The monoisotopic (exact) mass is 356 g/mol. The number of H-pyrrole nitrogens is 1. The van der Waals surface area contributed by atoms with E-state index in [1.807, 2.05) is 54.6 Å². The number of nitrogens with one attached hydrogen (secondary N) is 2. The fourth-order valence-electron chi connectivity index (χ4n) is 1.81. The number of anilines is 3. The number of halogens is 1. The van der Waals surface area contributed by atoms with Gasteiger partial charge in [-0.1, -0.05) is 34.1 Å². The van der Waals surface area contributed by atoms with Crippen molar-refractivity contribution in [3.63, 3.8) is 0 Å². The molecule has 2 aromatic carbocycles. The van der Waals surface area contributed by atoms with Crippen molar-refractivity contribution in [3.05, 3.63) is 59.1 Å². The summed E-state index contributed by atoms with van der Waals surface area (Å²) in [5.74, 6) is 0.888. The second kappa shape index (κ2) is 6.40. The van der Waals surface area contributed by atoms with E-state index in [1.165, 1.54) is 0 Å². The van der Waals surface area contributed by atoms with Crippen molar-refractivity contribution in [2.75, 3.05) is 11.1 Å². The summed E-state index contributed by atoms with van der Waals surface area (Å²) < 4.78 is 1.00.